The lowest BCUT2D eigenvalue weighted by Gasteiger charge is -2.21. The molecule has 0 saturated carbocycles. The fraction of sp³-hybridized carbons (Fsp3) is 0.360. The molecule has 2 aliphatic heterocycles. The standard InChI is InChI=1S/C25H28N4O5/c1-25(14-13-17-5-11-20(34-2)12-6-17)23(32)29(24(33)27-25)16-21(30)26-18-7-9-19(10-8-18)28-15-3-4-22(28)31/h5-12H,3-4,13-16H2,1-2H3,(H,26,30)(H,27,33). The van der Waals surface area contributed by atoms with Gasteiger partial charge >= 0.3 is 6.03 Å². The summed E-state index contributed by atoms with van der Waals surface area (Å²) in [6.45, 7) is 1.98. The Hall–Kier alpha value is -3.88. The van der Waals surface area contributed by atoms with Gasteiger partial charge in [-0.15, -0.1) is 0 Å². The van der Waals surface area contributed by atoms with Gasteiger partial charge in [-0.05, 0) is 68.1 Å². The van der Waals surface area contributed by atoms with E-state index >= 15 is 0 Å². The van der Waals surface area contributed by atoms with Crippen LogP contribution in [0.25, 0.3) is 0 Å². The van der Waals surface area contributed by atoms with E-state index in [1.807, 2.05) is 24.3 Å². The number of methoxy groups -OCH3 is 1. The Bertz CT molecular complexity index is 1100. The van der Waals surface area contributed by atoms with Crippen molar-refractivity contribution in [1.29, 1.82) is 0 Å². The first-order valence-corrected chi connectivity index (χ1v) is 11.3. The van der Waals surface area contributed by atoms with E-state index in [1.54, 1.807) is 43.2 Å². The van der Waals surface area contributed by atoms with E-state index in [0.29, 0.717) is 31.5 Å². The van der Waals surface area contributed by atoms with E-state index in [4.69, 9.17) is 4.74 Å². The van der Waals surface area contributed by atoms with Crippen molar-refractivity contribution in [2.45, 2.75) is 38.1 Å². The van der Waals surface area contributed by atoms with Gasteiger partial charge in [0.25, 0.3) is 5.91 Å². The summed E-state index contributed by atoms with van der Waals surface area (Å²) < 4.78 is 5.15. The van der Waals surface area contributed by atoms with Crippen molar-refractivity contribution in [2.75, 3.05) is 30.4 Å². The Kier molecular flexibility index (Phi) is 6.54. The number of anilines is 2. The number of amides is 5. The number of nitrogens with one attached hydrogen (secondary N) is 2. The number of ether oxygens (including phenoxy) is 1. The summed E-state index contributed by atoms with van der Waals surface area (Å²) in [5, 5.41) is 5.44. The largest absolute Gasteiger partial charge is 0.497 e. The quantitative estimate of drug-likeness (QED) is 0.584. The van der Waals surface area contributed by atoms with Crippen LogP contribution in [0, 0.1) is 0 Å². The molecule has 4 rings (SSSR count). The van der Waals surface area contributed by atoms with Crippen LogP contribution in [0.4, 0.5) is 16.2 Å². The molecule has 1 unspecified atom stereocenters. The maximum atomic E-state index is 13.0. The van der Waals surface area contributed by atoms with E-state index in [1.165, 1.54) is 0 Å². The van der Waals surface area contributed by atoms with Gasteiger partial charge in [-0.2, -0.15) is 0 Å². The lowest BCUT2D eigenvalue weighted by Crippen LogP contribution is -2.45. The molecule has 2 heterocycles. The van der Waals surface area contributed by atoms with Crippen molar-refractivity contribution in [2.24, 2.45) is 0 Å². The summed E-state index contributed by atoms with van der Waals surface area (Å²) in [6, 6.07) is 13.9. The highest BCUT2D eigenvalue weighted by atomic mass is 16.5. The van der Waals surface area contributed by atoms with Gasteiger partial charge in [-0.3, -0.25) is 19.3 Å². The van der Waals surface area contributed by atoms with Crippen molar-refractivity contribution >= 4 is 35.1 Å². The molecular weight excluding hydrogens is 436 g/mol. The summed E-state index contributed by atoms with van der Waals surface area (Å²) in [7, 11) is 1.60. The fourth-order valence-corrected chi connectivity index (χ4v) is 4.24. The smallest absolute Gasteiger partial charge is 0.325 e. The molecule has 2 N–H and O–H groups in total. The third-order valence-electron chi connectivity index (χ3n) is 6.26. The zero-order valence-corrected chi connectivity index (χ0v) is 19.3. The Labute approximate surface area is 198 Å². The highest BCUT2D eigenvalue weighted by Gasteiger charge is 2.47. The predicted molar refractivity (Wildman–Crippen MR) is 127 cm³/mol. The maximum Gasteiger partial charge on any atom is 0.325 e. The molecule has 0 radical (unpaired) electrons. The van der Waals surface area contributed by atoms with Crippen LogP contribution in [-0.4, -0.2) is 54.4 Å². The molecule has 5 amide bonds. The molecule has 2 aliphatic rings. The summed E-state index contributed by atoms with van der Waals surface area (Å²) in [6.07, 6.45) is 2.36. The van der Waals surface area contributed by atoms with E-state index in [9.17, 15) is 19.2 Å². The van der Waals surface area contributed by atoms with E-state index in [0.717, 1.165) is 28.3 Å². The average molecular weight is 465 g/mol. The van der Waals surface area contributed by atoms with Gasteiger partial charge in [0.2, 0.25) is 11.8 Å². The molecular formula is C25H28N4O5. The molecule has 0 bridgehead atoms. The molecule has 2 fully saturated rings. The minimum Gasteiger partial charge on any atom is -0.497 e. The number of carbonyl (C=O) groups excluding carboxylic acids is 4. The Morgan fingerprint density at radius 2 is 1.79 bits per heavy atom. The second-order valence-electron chi connectivity index (χ2n) is 8.75. The van der Waals surface area contributed by atoms with Crippen molar-refractivity contribution in [3.05, 3.63) is 54.1 Å². The molecule has 0 spiro atoms. The summed E-state index contributed by atoms with van der Waals surface area (Å²) in [5.41, 5.74) is 1.23. The SMILES string of the molecule is COc1ccc(CCC2(C)NC(=O)N(CC(=O)Nc3ccc(N4CCCC4=O)cc3)C2=O)cc1. The van der Waals surface area contributed by atoms with E-state index < -0.39 is 23.4 Å². The van der Waals surface area contributed by atoms with Gasteiger partial charge in [-0.1, -0.05) is 12.1 Å². The molecule has 9 heteroatoms. The lowest BCUT2D eigenvalue weighted by molar-refractivity contribution is -0.133. The Morgan fingerprint density at radius 1 is 1.09 bits per heavy atom. The fourth-order valence-electron chi connectivity index (χ4n) is 4.24. The first kappa shape index (κ1) is 23.3. The number of imide groups is 1. The molecule has 34 heavy (non-hydrogen) atoms. The third kappa shape index (κ3) is 4.88. The zero-order chi connectivity index (χ0) is 24.3. The van der Waals surface area contributed by atoms with Crippen LogP contribution in [0.3, 0.4) is 0 Å². The van der Waals surface area contributed by atoms with Gasteiger partial charge in [0.1, 0.15) is 17.8 Å². The molecule has 2 aromatic carbocycles. The van der Waals surface area contributed by atoms with Crippen LogP contribution >= 0.6 is 0 Å². The molecule has 178 valence electrons. The van der Waals surface area contributed by atoms with Crippen LogP contribution in [0.5, 0.6) is 5.75 Å². The highest BCUT2D eigenvalue weighted by Crippen LogP contribution is 2.25. The van der Waals surface area contributed by atoms with Gasteiger partial charge in [0, 0.05) is 24.3 Å². The number of carbonyl (C=O) groups is 4. The second kappa shape index (κ2) is 9.54. The van der Waals surface area contributed by atoms with Crippen LogP contribution < -0.4 is 20.3 Å². The number of benzene rings is 2. The first-order chi connectivity index (χ1) is 16.3. The number of urea groups is 1. The predicted octanol–water partition coefficient (Wildman–Crippen LogP) is 2.70. The van der Waals surface area contributed by atoms with Crippen LogP contribution in [0.15, 0.2) is 48.5 Å². The second-order valence-corrected chi connectivity index (χ2v) is 8.75. The van der Waals surface area contributed by atoms with Gasteiger partial charge in [-0.25, -0.2) is 4.79 Å². The normalized spacial score (nSPS) is 20.0. The topological polar surface area (TPSA) is 108 Å². The number of hydrogen-bond donors (Lipinski definition) is 2. The Morgan fingerprint density at radius 3 is 2.41 bits per heavy atom. The molecule has 2 saturated heterocycles. The summed E-state index contributed by atoms with van der Waals surface area (Å²) in [4.78, 5) is 52.5. The number of aryl methyl sites for hydroxylation is 1. The van der Waals surface area contributed by atoms with Gasteiger partial charge < -0.3 is 20.3 Å². The minimum atomic E-state index is -1.08. The number of rotatable bonds is 8. The number of hydrogen-bond acceptors (Lipinski definition) is 5. The van der Waals surface area contributed by atoms with Crippen molar-refractivity contribution in [1.82, 2.24) is 10.2 Å². The monoisotopic (exact) mass is 464 g/mol. The van der Waals surface area contributed by atoms with E-state index in [-0.39, 0.29) is 12.5 Å². The van der Waals surface area contributed by atoms with Crippen LogP contribution in [0.2, 0.25) is 0 Å². The summed E-state index contributed by atoms with van der Waals surface area (Å²) >= 11 is 0. The van der Waals surface area contributed by atoms with Crippen molar-refractivity contribution < 1.29 is 23.9 Å². The van der Waals surface area contributed by atoms with Crippen LogP contribution in [-0.2, 0) is 20.8 Å². The molecule has 0 aliphatic carbocycles. The van der Waals surface area contributed by atoms with Gasteiger partial charge in [0.15, 0.2) is 0 Å². The minimum absolute atomic E-state index is 0.0883. The molecule has 9 nitrogen and oxygen atoms in total. The Balaban J connectivity index is 1.33. The summed E-state index contributed by atoms with van der Waals surface area (Å²) in [5.74, 6) is -0.0705. The lowest BCUT2D eigenvalue weighted by atomic mass is 9.93. The third-order valence-corrected chi connectivity index (χ3v) is 6.26. The van der Waals surface area contributed by atoms with Crippen molar-refractivity contribution in [3.8, 4) is 5.75 Å². The van der Waals surface area contributed by atoms with Gasteiger partial charge in [0.05, 0.1) is 7.11 Å². The highest BCUT2D eigenvalue weighted by molar-refractivity contribution is 6.10. The number of nitrogens with zero attached hydrogens (tertiary/aromatic N) is 2. The molecule has 2 aromatic rings. The maximum absolute atomic E-state index is 13.0. The molecule has 0 aromatic heterocycles. The zero-order valence-electron chi connectivity index (χ0n) is 19.3. The van der Waals surface area contributed by atoms with Crippen molar-refractivity contribution in [3.63, 3.8) is 0 Å². The first-order valence-electron chi connectivity index (χ1n) is 11.3. The van der Waals surface area contributed by atoms with Crippen LogP contribution in [0.1, 0.15) is 31.7 Å². The molecule has 1 atom stereocenters. The van der Waals surface area contributed by atoms with E-state index in [2.05, 4.69) is 10.6 Å². The average Bonchev–Trinajstić information content (AvgIpc) is 3.35.